The first-order valence-corrected chi connectivity index (χ1v) is 6.16. The van der Waals surface area contributed by atoms with Gasteiger partial charge in [0.1, 0.15) is 0 Å². The van der Waals surface area contributed by atoms with E-state index in [1.807, 2.05) is 18.2 Å². The summed E-state index contributed by atoms with van der Waals surface area (Å²) >= 11 is 0. The average Bonchev–Trinajstić information content (AvgIpc) is 2.14. The summed E-state index contributed by atoms with van der Waals surface area (Å²) in [6.45, 7) is 12.6. The molecule has 0 bridgehead atoms. The Labute approximate surface area is 143 Å². The molecule has 0 aromatic heterocycles. The third kappa shape index (κ3) is 9.86. The minimum absolute atomic E-state index is 0. The molecule has 5 heteroatoms. The fraction of sp³-hybridized carbons (Fsp3) is 0.571. The molecule has 1 rings (SSSR count). The van der Waals surface area contributed by atoms with Crippen LogP contribution >= 0.6 is 0 Å². The van der Waals surface area contributed by atoms with Crippen molar-refractivity contribution in [2.24, 2.45) is 0 Å². The van der Waals surface area contributed by atoms with Crippen LogP contribution in [0, 0.1) is 0 Å². The Hall–Kier alpha value is 0.400. The van der Waals surface area contributed by atoms with Crippen molar-refractivity contribution >= 4 is 12.4 Å². The molecular weight excluding hydrogens is 221 g/mol. The van der Waals surface area contributed by atoms with E-state index in [0.717, 1.165) is 5.46 Å². The van der Waals surface area contributed by atoms with Crippen molar-refractivity contribution in [1.82, 2.24) is 0 Å². The average molecular weight is 244 g/mol. The molecule has 0 atom stereocenters. The topological polar surface area (TPSA) is 28.2 Å². The van der Waals surface area contributed by atoms with Crippen LogP contribution in [-0.4, -0.2) is 18.1 Å². The summed E-state index contributed by atoms with van der Waals surface area (Å²) in [7, 11) is 0. The van der Waals surface area contributed by atoms with Gasteiger partial charge in [0.2, 0.25) is 0 Å². The Bertz CT molecular complexity index is 329. The minimum atomic E-state index is -0.0741. The largest absolute Gasteiger partial charge is 1.00 e. The van der Waals surface area contributed by atoms with Crippen molar-refractivity contribution < 1.29 is 37.7 Å². The molecule has 0 aliphatic rings. The summed E-state index contributed by atoms with van der Waals surface area (Å²) in [6, 6.07) is 10.3. The van der Waals surface area contributed by atoms with E-state index >= 15 is 0 Å². The number of nitrogens with zero attached hydrogens (tertiary/aromatic N) is 2. The monoisotopic (exact) mass is 244 g/mol. The first-order valence-electron chi connectivity index (χ1n) is 6.16. The molecule has 2 nitrogen and oxygen atoms in total. The van der Waals surface area contributed by atoms with Gasteiger partial charge in [0, 0.05) is 0 Å². The molecule has 1 aromatic carbocycles. The molecule has 0 radical (unpaired) electrons. The minimum Gasteiger partial charge on any atom is -0.695 e. The van der Waals surface area contributed by atoms with E-state index in [-0.39, 0.29) is 55.8 Å². The second-order valence-corrected chi connectivity index (χ2v) is 6.38. The summed E-state index contributed by atoms with van der Waals surface area (Å²) < 4.78 is 0. The maximum absolute atomic E-state index is 4.80. The number of hydrogen-bond acceptors (Lipinski definition) is 0. The van der Waals surface area contributed by atoms with Crippen molar-refractivity contribution in [3.8, 4) is 0 Å². The van der Waals surface area contributed by atoms with Gasteiger partial charge in [-0.05, 0) is 0 Å². The Kier molecular flexibility index (Phi) is 9.86. The normalized spacial score (nSPS) is 11.3. The van der Waals surface area contributed by atoms with E-state index < -0.39 is 0 Å². The van der Waals surface area contributed by atoms with Crippen LogP contribution in [0.2, 0.25) is 0 Å². The van der Waals surface area contributed by atoms with Crippen molar-refractivity contribution in [2.45, 2.75) is 52.6 Å². The van der Waals surface area contributed by atoms with Crippen LogP contribution < -0.4 is 43.2 Å². The molecular formula is C14H23BLi2N2. The Balaban J connectivity index is 0. The van der Waals surface area contributed by atoms with E-state index in [1.165, 1.54) is 0 Å². The second kappa shape index (κ2) is 8.63. The van der Waals surface area contributed by atoms with Gasteiger partial charge in [0.25, 0.3) is 0 Å². The molecule has 94 valence electrons. The quantitative estimate of drug-likeness (QED) is 0.537. The van der Waals surface area contributed by atoms with Crippen molar-refractivity contribution in [3.63, 3.8) is 0 Å². The predicted molar refractivity (Wildman–Crippen MR) is 78.1 cm³/mol. The van der Waals surface area contributed by atoms with Gasteiger partial charge in [0.15, 0.2) is 0 Å². The third-order valence-electron chi connectivity index (χ3n) is 2.12. The van der Waals surface area contributed by atoms with Gasteiger partial charge in [-0.1, -0.05) is 78.9 Å². The zero-order valence-electron chi connectivity index (χ0n) is 13.9. The van der Waals surface area contributed by atoms with E-state index in [9.17, 15) is 0 Å². The number of benzene rings is 1. The van der Waals surface area contributed by atoms with Gasteiger partial charge in [-0.3, -0.25) is 0 Å². The summed E-state index contributed by atoms with van der Waals surface area (Å²) in [5.74, 6) is 0. The van der Waals surface area contributed by atoms with Gasteiger partial charge in [0.05, 0.1) is 0 Å². The summed E-state index contributed by atoms with van der Waals surface area (Å²) in [5, 5.41) is 9.60. The van der Waals surface area contributed by atoms with Crippen LogP contribution in [0.1, 0.15) is 41.5 Å². The Morgan fingerprint density at radius 3 is 1.42 bits per heavy atom. The molecule has 19 heavy (non-hydrogen) atoms. The van der Waals surface area contributed by atoms with Crippen LogP contribution in [0.3, 0.4) is 0 Å². The molecule has 0 aliphatic carbocycles. The fourth-order valence-electron chi connectivity index (χ4n) is 1.54. The molecule has 0 heterocycles. The van der Waals surface area contributed by atoms with E-state index in [0.29, 0.717) is 0 Å². The molecule has 0 spiro atoms. The van der Waals surface area contributed by atoms with Crippen LogP contribution in [0.25, 0.3) is 10.5 Å². The van der Waals surface area contributed by atoms with Crippen molar-refractivity contribution in [1.29, 1.82) is 0 Å². The first kappa shape index (κ1) is 21.7. The summed E-state index contributed by atoms with van der Waals surface area (Å²) in [5.41, 5.74) is 1.02. The van der Waals surface area contributed by atoms with Crippen molar-refractivity contribution in [2.75, 3.05) is 0 Å². The zero-order chi connectivity index (χ0) is 13.1. The van der Waals surface area contributed by atoms with Crippen molar-refractivity contribution in [3.05, 3.63) is 40.8 Å². The molecule has 0 fully saturated rings. The van der Waals surface area contributed by atoms with Crippen LogP contribution in [0.4, 0.5) is 0 Å². The fourth-order valence-corrected chi connectivity index (χ4v) is 1.54. The molecule has 0 saturated carbocycles. The summed E-state index contributed by atoms with van der Waals surface area (Å²) in [6.07, 6.45) is 0. The molecule has 0 unspecified atom stereocenters. The maximum atomic E-state index is 4.80. The van der Waals surface area contributed by atoms with Crippen LogP contribution in [0.5, 0.6) is 0 Å². The van der Waals surface area contributed by atoms with Gasteiger partial charge in [-0.15, -0.1) is 16.5 Å². The number of rotatable bonds is 3. The molecule has 0 amide bonds. The van der Waals surface area contributed by atoms with Gasteiger partial charge >= 0.3 is 37.7 Å². The van der Waals surface area contributed by atoms with Gasteiger partial charge in [-0.25, -0.2) is 0 Å². The van der Waals surface area contributed by atoms with Gasteiger partial charge in [-0.2, -0.15) is 0 Å². The summed E-state index contributed by atoms with van der Waals surface area (Å²) in [4.78, 5) is 0. The molecule has 0 aliphatic heterocycles. The van der Waals surface area contributed by atoms with E-state index in [4.69, 9.17) is 10.5 Å². The maximum Gasteiger partial charge on any atom is 1.00 e. The molecule has 1 aromatic rings. The van der Waals surface area contributed by atoms with Crippen LogP contribution in [-0.2, 0) is 0 Å². The SMILES string of the molecule is CC(C)(C)[N-]B([N-]C(C)(C)C)c1ccccc1.[Li+].[Li+]. The Morgan fingerprint density at radius 2 is 1.11 bits per heavy atom. The van der Waals surface area contributed by atoms with E-state index in [2.05, 4.69) is 53.7 Å². The van der Waals surface area contributed by atoms with Crippen LogP contribution in [0.15, 0.2) is 30.3 Å². The zero-order valence-corrected chi connectivity index (χ0v) is 13.9. The first-order chi connectivity index (χ1) is 7.67. The number of hydrogen-bond donors (Lipinski definition) is 0. The second-order valence-electron chi connectivity index (χ2n) is 6.38. The molecule has 0 N–H and O–H groups in total. The van der Waals surface area contributed by atoms with E-state index in [1.54, 1.807) is 0 Å². The molecule has 0 saturated heterocycles. The van der Waals surface area contributed by atoms with Gasteiger partial charge < -0.3 is 10.5 Å². The predicted octanol–water partition coefficient (Wildman–Crippen LogP) is -2.27. The Morgan fingerprint density at radius 1 is 0.737 bits per heavy atom. The smallest absolute Gasteiger partial charge is 0.695 e. The third-order valence-corrected chi connectivity index (χ3v) is 2.12. The standard InChI is InChI=1S/C14H23BN2.2Li/c1-13(2,3)16-15(17-14(4,5)6)12-10-8-7-9-11-12;;/h7-11H,1-6H3;;/q-2;2*+1.